The van der Waals surface area contributed by atoms with Crippen molar-refractivity contribution in [2.75, 3.05) is 13.2 Å². The monoisotopic (exact) mass is 881 g/mol. The second-order valence-electron chi connectivity index (χ2n) is 17.8. The van der Waals surface area contributed by atoms with Crippen molar-refractivity contribution < 1.29 is 28.6 Å². The van der Waals surface area contributed by atoms with Gasteiger partial charge in [-0.1, -0.05) is 229 Å². The molecule has 0 saturated heterocycles. The second-order valence-corrected chi connectivity index (χ2v) is 17.8. The van der Waals surface area contributed by atoms with Gasteiger partial charge >= 0.3 is 17.9 Å². The number of ether oxygens (including phenoxy) is 3. The van der Waals surface area contributed by atoms with Crippen LogP contribution in [0.1, 0.15) is 265 Å². The second kappa shape index (κ2) is 51.7. The maximum atomic E-state index is 12.8. The van der Waals surface area contributed by atoms with Crippen LogP contribution in [0.25, 0.3) is 0 Å². The molecule has 1 unspecified atom stereocenters. The van der Waals surface area contributed by atoms with Gasteiger partial charge in [-0.2, -0.15) is 0 Å². The Kier molecular flexibility index (Phi) is 49.4. The van der Waals surface area contributed by atoms with Gasteiger partial charge in [0.1, 0.15) is 13.2 Å². The molecule has 0 aromatic heterocycles. The minimum Gasteiger partial charge on any atom is -0.462 e. The van der Waals surface area contributed by atoms with Gasteiger partial charge in [-0.3, -0.25) is 14.4 Å². The molecule has 1 atom stereocenters. The van der Waals surface area contributed by atoms with Crippen molar-refractivity contribution in [3.05, 3.63) is 60.8 Å². The van der Waals surface area contributed by atoms with Gasteiger partial charge in [0, 0.05) is 19.3 Å². The summed E-state index contributed by atoms with van der Waals surface area (Å²) in [6.45, 7) is 6.53. The molecule has 0 aliphatic heterocycles. The van der Waals surface area contributed by atoms with Gasteiger partial charge in [0.2, 0.25) is 0 Å². The predicted molar refractivity (Wildman–Crippen MR) is 270 cm³/mol. The zero-order valence-electron chi connectivity index (χ0n) is 41.6. The lowest BCUT2D eigenvalue weighted by atomic mass is 10.0. The lowest BCUT2D eigenvalue weighted by molar-refractivity contribution is -0.167. The molecule has 0 aromatic carbocycles. The first kappa shape index (κ1) is 60.1. The van der Waals surface area contributed by atoms with Crippen molar-refractivity contribution in [3.63, 3.8) is 0 Å². The summed E-state index contributed by atoms with van der Waals surface area (Å²) in [6, 6.07) is 0. The molecule has 0 amide bonds. The molecule has 63 heavy (non-hydrogen) atoms. The van der Waals surface area contributed by atoms with Crippen LogP contribution in [0.2, 0.25) is 0 Å². The molecule has 6 heteroatoms. The number of allylic oxidation sites excluding steroid dienone is 10. The molecule has 364 valence electrons. The molecule has 0 aliphatic carbocycles. The molecule has 0 bridgehead atoms. The van der Waals surface area contributed by atoms with Crippen molar-refractivity contribution in [2.24, 2.45) is 0 Å². The van der Waals surface area contributed by atoms with E-state index in [9.17, 15) is 14.4 Å². The van der Waals surface area contributed by atoms with Gasteiger partial charge in [0.15, 0.2) is 6.10 Å². The number of hydrogen-bond donors (Lipinski definition) is 0. The highest BCUT2D eigenvalue weighted by molar-refractivity contribution is 5.71. The van der Waals surface area contributed by atoms with E-state index >= 15 is 0 Å². The summed E-state index contributed by atoms with van der Waals surface area (Å²) < 4.78 is 16.7. The molecule has 0 spiro atoms. The van der Waals surface area contributed by atoms with Crippen LogP contribution < -0.4 is 0 Å². The number of hydrogen-bond acceptors (Lipinski definition) is 6. The summed E-state index contributed by atoms with van der Waals surface area (Å²) in [5.41, 5.74) is 0. The van der Waals surface area contributed by atoms with E-state index in [1.165, 1.54) is 135 Å². The van der Waals surface area contributed by atoms with Crippen LogP contribution >= 0.6 is 0 Å². The first-order valence-corrected chi connectivity index (χ1v) is 26.8. The Bertz CT molecular complexity index is 1150. The Morgan fingerprint density at radius 3 is 1.03 bits per heavy atom. The fourth-order valence-electron chi connectivity index (χ4n) is 7.42. The highest BCUT2D eigenvalue weighted by Gasteiger charge is 2.19. The Balaban J connectivity index is 4.40. The average molecular weight is 881 g/mol. The number of unbranched alkanes of at least 4 members (excludes halogenated alkanes) is 27. The van der Waals surface area contributed by atoms with E-state index in [0.29, 0.717) is 19.3 Å². The average Bonchev–Trinajstić information content (AvgIpc) is 3.28. The first-order valence-electron chi connectivity index (χ1n) is 26.8. The topological polar surface area (TPSA) is 78.9 Å². The largest absolute Gasteiger partial charge is 0.462 e. The van der Waals surface area contributed by atoms with Crippen molar-refractivity contribution in [3.8, 4) is 0 Å². The Hall–Kier alpha value is -2.89. The number of carbonyl (C=O) groups is 3. The smallest absolute Gasteiger partial charge is 0.306 e. The van der Waals surface area contributed by atoms with Crippen molar-refractivity contribution in [2.45, 2.75) is 271 Å². The molecular formula is C57H100O6. The van der Waals surface area contributed by atoms with E-state index in [0.717, 1.165) is 83.5 Å². The molecule has 0 rings (SSSR count). The summed E-state index contributed by atoms with van der Waals surface area (Å²) in [7, 11) is 0. The number of esters is 3. The highest BCUT2D eigenvalue weighted by Crippen LogP contribution is 2.15. The van der Waals surface area contributed by atoms with E-state index in [2.05, 4.69) is 81.5 Å². The molecule has 0 aliphatic rings. The third-order valence-corrected chi connectivity index (χ3v) is 11.5. The van der Waals surface area contributed by atoms with Gasteiger partial charge < -0.3 is 14.2 Å². The molecule has 0 aromatic rings. The van der Waals surface area contributed by atoms with Crippen LogP contribution in [0.3, 0.4) is 0 Å². The molecule has 0 saturated carbocycles. The molecule has 0 N–H and O–H groups in total. The predicted octanol–water partition coefficient (Wildman–Crippen LogP) is 17.6. The van der Waals surface area contributed by atoms with E-state index < -0.39 is 6.10 Å². The molecule has 6 nitrogen and oxygen atoms in total. The summed E-state index contributed by atoms with van der Waals surface area (Å²) in [5.74, 6) is -0.962. The van der Waals surface area contributed by atoms with Crippen LogP contribution in [0, 0.1) is 0 Å². The van der Waals surface area contributed by atoms with Crippen molar-refractivity contribution in [1.29, 1.82) is 0 Å². The van der Waals surface area contributed by atoms with E-state index in [1.54, 1.807) is 0 Å². The van der Waals surface area contributed by atoms with Gasteiger partial charge in [0.05, 0.1) is 0 Å². The van der Waals surface area contributed by atoms with Crippen LogP contribution in [0.5, 0.6) is 0 Å². The van der Waals surface area contributed by atoms with Gasteiger partial charge in [-0.15, -0.1) is 0 Å². The summed E-state index contributed by atoms with van der Waals surface area (Å²) in [5, 5.41) is 0. The standard InChI is InChI=1S/C57H100O6/c1-4-7-10-13-16-19-22-24-26-28-30-31-33-35-38-41-44-47-50-56(59)62-53-54(52-61-55(58)49-46-43-40-37-21-18-15-12-9-6-3)63-57(60)51-48-45-42-39-36-34-32-29-27-25-23-20-17-14-11-8-5-2/h15,17-18,20,25,27,32,34,39,42,54H,4-14,16,19,21-24,26,28-31,33,35-38,40-41,43-53H2,1-3H3/b18-15-,20-17-,27-25-,34-32-,42-39-. The van der Waals surface area contributed by atoms with Gasteiger partial charge in [-0.05, 0) is 77.0 Å². The Morgan fingerprint density at radius 2 is 0.603 bits per heavy atom. The lowest BCUT2D eigenvalue weighted by Gasteiger charge is -2.18. The lowest BCUT2D eigenvalue weighted by Crippen LogP contribution is -2.30. The minimum absolute atomic E-state index is 0.0974. The fourth-order valence-corrected chi connectivity index (χ4v) is 7.42. The zero-order chi connectivity index (χ0) is 45.8. The molecular weight excluding hydrogens is 781 g/mol. The Morgan fingerprint density at radius 1 is 0.317 bits per heavy atom. The zero-order valence-corrected chi connectivity index (χ0v) is 41.6. The fraction of sp³-hybridized carbons (Fsp3) is 0.772. The van der Waals surface area contributed by atoms with E-state index in [1.807, 2.05) is 0 Å². The van der Waals surface area contributed by atoms with Crippen molar-refractivity contribution >= 4 is 17.9 Å². The Labute approximate surface area is 390 Å². The summed E-state index contributed by atoms with van der Waals surface area (Å²) in [4.78, 5) is 37.9. The first-order chi connectivity index (χ1) is 31.0. The van der Waals surface area contributed by atoms with Crippen LogP contribution in [0.15, 0.2) is 60.8 Å². The molecule has 0 radical (unpaired) electrons. The quantitative estimate of drug-likeness (QED) is 0.0262. The van der Waals surface area contributed by atoms with Gasteiger partial charge in [-0.25, -0.2) is 0 Å². The molecule has 0 heterocycles. The van der Waals surface area contributed by atoms with Crippen LogP contribution in [0.4, 0.5) is 0 Å². The third-order valence-electron chi connectivity index (χ3n) is 11.5. The number of rotatable bonds is 48. The van der Waals surface area contributed by atoms with Gasteiger partial charge in [0.25, 0.3) is 0 Å². The third kappa shape index (κ3) is 50.0. The van der Waals surface area contributed by atoms with Crippen molar-refractivity contribution in [1.82, 2.24) is 0 Å². The van der Waals surface area contributed by atoms with E-state index in [4.69, 9.17) is 14.2 Å². The minimum atomic E-state index is -0.804. The maximum Gasteiger partial charge on any atom is 0.306 e. The normalized spacial score (nSPS) is 12.5. The maximum absolute atomic E-state index is 12.8. The van der Waals surface area contributed by atoms with Crippen LogP contribution in [-0.2, 0) is 28.6 Å². The number of carbonyl (C=O) groups excluding carboxylic acids is 3. The summed E-state index contributed by atoms with van der Waals surface area (Å²) >= 11 is 0. The van der Waals surface area contributed by atoms with E-state index in [-0.39, 0.29) is 37.5 Å². The summed E-state index contributed by atoms with van der Waals surface area (Å²) in [6.07, 6.45) is 63.6. The highest BCUT2D eigenvalue weighted by atomic mass is 16.6. The van der Waals surface area contributed by atoms with Crippen LogP contribution in [-0.4, -0.2) is 37.2 Å². The molecule has 0 fully saturated rings. The SMILES string of the molecule is CCCC/C=C\CCCCCCC(=O)OCC(COC(=O)CCCCCCCCCCCCCCCCCCCC)OC(=O)CCC/C=C\C/C=C\C/C=C\C/C=C\CCCCC.